The van der Waals surface area contributed by atoms with Crippen LogP contribution in [-0.4, -0.2) is 47.8 Å². The maximum absolute atomic E-state index is 13.0. The zero-order chi connectivity index (χ0) is 23.2. The number of rotatable bonds is 7. The molecule has 6 nitrogen and oxygen atoms in total. The minimum atomic E-state index is -0.669. The van der Waals surface area contributed by atoms with Crippen LogP contribution < -0.4 is 10.6 Å². The topological polar surface area (TPSA) is 78.5 Å². The lowest BCUT2D eigenvalue weighted by Crippen LogP contribution is -2.55. The Morgan fingerprint density at radius 3 is 2.29 bits per heavy atom. The number of piperidine rings is 1. The largest absolute Gasteiger partial charge is 0.352 e. The molecule has 31 heavy (non-hydrogen) atoms. The van der Waals surface area contributed by atoms with Gasteiger partial charge in [0.15, 0.2) is 0 Å². The van der Waals surface area contributed by atoms with Gasteiger partial charge in [-0.1, -0.05) is 51.4 Å². The quantitative estimate of drug-likeness (QED) is 0.659. The molecule has 2 N–H and O–H groups in total. The van der Waals surface area contributed by atoms with Crippen molar-refractivity contribution >= 4 is 29.3 Å². The van der Waals surface area contributed by atoms with Crippen molar-refractivity contribution in [2.45, 2.75) is 72.4 Å². The summed E-state index contributed by atoms with van der Waals surface area (Å²) in [6.07, 6.45) is 2.63. The summed E-state index contributed by atoms with van der Waals surface area (Å²) in [6.45, 7) is 11.3. The van der Waals surface area contributed by atoms with Gasteiger partial charge in [0.2, 0.25) is 11.8 Å². The van der Waals surface area contributed by atoms with E-state index in [1.54, 1.807) is 24.3 Å². The van der Waals surface area contributed by atoms with Crippen molar-refractivity contribution in [3.63, 3.8) is 0 Å². The molecule has 0 aromatic heterocycles. The van der Waals surface area contributed by atoms with Crippen LogP contribution >= 0.6 is 11.6 Å². The summed E-state index contributed by atoms with van der Waals surface area (Å²) in [5.74, 6) is -0.448. The Bertz CT molecular complexity index is 783. The van der Waals surface area contributed by atoms with Gasteiger partial charge in [-0.2, -0.15) is 0 Å². The molecule has 2 rings (SSSR count). The van der Waals surface area contributed by atoms with Crippen LogP contribution in [0.3, 0.4) is 0 Å². The number of likely N-dealkylation sites (tertiary alicyclic amines) is 1. The van der Waals surface area contributed by atoms with E-state index in [-0.39, 0.29) is 35.1 Å². The molecule has 1 aromatic carbocycles. The molecular formula is C24H36ClN3O3. The number of hydrogen-bond donors (Lipinski definition) is 2. The molecular weight excluding hydrogens is 414 g/mol. The first kappa shape index (κ1) is 25.2. The molecule has 0 saturated carbocycles. The minimum Gasteiger partial charge on any atom is -0.352 e. The Labute approximate surface area is 191 Å². The van der Waals surface area contributed by atoms with Crippen molar-refractivity contribution in [3.8, 4) is 0 Å². The van der Waals surface area contributed by atoms with Crippen LogP contribution in [0.4, 0.5) is 0 Å². The van der Waals surface area contributed by atoms with Gasteiger partial charge in [-0.05, 0) is 49.7 Å². The van der Waals surface area contributed by atoms with Gasteiger partial charge in [0.05, 0.1) is 10.6 Å². The minimum absolute atomic E-state index is 0.0145. The third-order valence-electron chi connectivity index (χ3n) is 5.73. The Kier molecular flexibility index (Phi) is 8.92. The number of benzene rings is 1. The molecule has 0 spiro atoms. The van der Waals surface area contributed by atoms with Gasteiger partial charge in [0.25, 0.3) is 5.91 Å². The molecule has 1 fully saturated rings. The average Bonchev–Trinajstić information content (AvgIpc) is 2.70. The number of halogens is 1. The van der Waals surface area contributed by atoms with Gasteiger partial charge < -0.3 is 15.5 Å². The number of nitrogens with one attached hydrogen (secondary N) is 2. The number of carbonyl (C=O) groups excluding carboxylic acids is 3. The molecule has 0 bridgehead atoms. The Hall–Kier alpha value is -2.08. The van der Waals surface area contributed by atoms with Gasteiger partial charge in [-0.25, -0.2) is 0 Å². The highest BCUT2D eigenvalue weighted by molar-refractivity contribution is 6.33. The predicted molar refractivity (Wildman–Crippen MR) is 124 cm³/mol. The number of hydrogen-bond acceptors (Lipinski definition) is 3. The molecule has 1 heterocycles. The van der Waals surface area contributed by atoms with Gasteiger partial charge in [0, 0.05) is 25.6 Å². The van der Waals surface area contributed by atoms with E-state index >= 15 is 0 Å². The first-order chi connectivity index (χ1) is 14.5. The van der Waals surface area contributed by atoms with Crippen LogP contribution in [0.1, 0.15) is 70.7 Å². The normalized spacial score (nSPS) is 17.0. The molecule has 7 heteroatoms. The van der Waals surface area contributed by atoms with Crippen LogP contribution in [0.15, 0.2) is 24.3 Å². The first-order valence-corrected chi connectivity index (χ1v) is 11.5. The number of amides is 3. The lowest BCUT2D eigenvalue weighted by Gasteiger charge is -2.37. The second-order valence-corrected chi connectivity index (χ2v) is 10.1. The van der Waals surface area contributed by atoms with Crippen LogP contribution in [0.25, 0.3) is 0 Å². The third-order valence-corrected chi connectivity index (χ3v) is 6.06. The van der Waals surface area contributed by atoms with E-state index in [0.29, 0.717) is 42.9 Å². The standard InChI is InChI=1S/C24H36ClN3O3/c1-6-16(2)26-23(31)21(27-22(30)18-9-7-8-10-19(18)25)17-11-13-28(14-12-17)20(29)15-24(3,4)5/h7-10,16-17,21H,6,11-15H2,1-5H3,(H,26,31)(H,27,30)/t16-,21+/m1/s1. The summed E-state index contributed by atoms with van der Waals surface area (Å²) >= 11 is 6.18. The van der Waals surface area contributed by atoms with Crippen molar-refractivity contribution in [3.05, 3.63) is 34.9 Å². The lowest BCUT2D eigenvalue weighted by atomic mass is 9.87. The van der Waals surface area contributed by atoms with Crippen molar-refractivity contribution in [2.24, 2.45) is 11.3 Å². The van der Waals surface area contributed by atoms with E-state index in [1.807, 2.05) is 18.7 Å². The summed E-state index contributed by atoms with van der Waals surface area (Å²) in [4.78, 5) is 40.3. The summed E-state index contributed by atoms with van der Waals surface area (Å²) in [7, 11) is 0. The molecule has 0 radical (unpaired) electrons. The van der Waals surface area contributed by atoms with E-state index in [2.05, 4.69) is 31.4 Å². The number of nitrogens with zero attached hydrogens (tertiary/aromatic N) is 1. The van der Waals surface area contributed by atoms with Crippen molar-refractivity contribution in [1.29, 1.82) is 0 Å². The third kappa shape index (κ3) is 7.53. The second kappa shape index (κ2) is 11.0. The van der Waals surface area contributed by atoms with Gasteiger partial charge in [-0.15, -0.1) is 0 Å². The maximum atomic E-state index is 13.0. The SMILES string of the molecule is CC[C@@H](C)NC(=O)[C@@H](NC(=O)c1ccccc1Cl)C1CCN(C(=O)CC(C)(C)C)CC1. The predicted octanol–water partition coefficient (Wildman–Crippen LogP) is 4.03. The Balaban J connectivity index is 2.11. The van der Waals surface area contributed by atoms with Crippen LogP contribution in [0, 0.1) is 11.3 Å². The molecule has 172 valence electrons. The molecule has 1 aliphatic heterocycles. The van der Waals surface area contributed by atoms with Crippen LogP contribution in [0.2, 0.25) is 5.02 Å². The molecule has 3 amide bonds. The highest BCUT2D eigenvalue weighted by atomic mass is 35.5. The molecule has 0 unspecified atom stereocenters. The van der Waals surface area contributed by atoms with Crippen molar-refractivity contribution in [2.75, 3.05) is 13.1 Å². The first-order valence-electron chi connectivity index (χ1n) is 11.2. The Morgan fingerprint density at radius 1 is 1.13 bits per heavy atom. The molecule has 2 atom stereocenters. The second-order valence-electron chi connectivity index (χ2n) is 9.70. The molecule has 1 saturated heterocycles. The fourth-order valence-corrected chi connectivity index (χ4v) is 3.97. The van der Waals surface area contributed by atoms with Crippen LogP contribution in [0.5, 0.6) is 0 Å². The summed E-state index contributed by atoms with van der Waals surface area (Å²) < 4.78 is 0. The van der Waals surface area contributed by atoms with E-state index in [1.165, 1.54) is 0 Å². The van der Waals surface area contributed by atoms with Gasteiger partial charge in [-0.3, -0.25) is 14.4 Å². The zero-order valence-corrected chi connectivity index (χ0v) is 20.1. The van der Waals surface area contributed by atoms with E-state index in [4.69, 9.17) is 11.6 Å². The summed E-state index contributed by atoms with van der Waals surface area (Å²) in [5.41, 5.74) is 0.290. The van der Waals surface area contributed by atoms with Gasteiger partial charge in [0.1, 0.15) is 6.04 Å². The fraction of sp³-hybridized carbons (Fsp3) is 0.625. The smallest absolute Gasteiger partial charge is 0.253 e. The molecule has 1 aromatic rings. The molecule has 1 aliphatic rings. The van der Waals surface area contributed by atoms with E-state index in [9.17, 15) is 14.4 Å². The summed E-state index contributed by atoms with van der Waals surface area (Å²) in [5, 5.41) is 6.26. The van der Waals surface area contributed by atoms with E-state index < -0.39 is 6.04 Å². The fourth-order valence-electron chi connectivity index (χ4n) is 3.74. The lowest BCUT2D eigenvalue weighted by molar-refractivity contribution is -0.134. The summed E-state index contributed by atoms with van der Waals surface area (Å²) in [6, 6.07) is 6.16. The Morgan fingerprint density at radius 2 is 1.74 bits per heavy atom. The zero-order valence-electron chi connectivity index (χ0n) is 19.3. The maximum Gasteiger partial charge on any atom is 0.253 e. The highest BCUT2D eigenvalue weighted by Crippen LogP contribution is 2.26. The highest BCUT2D eigenvalue weighted by Gasteiger charge is 2.35. The van der Waals surface area contributed by atoms with Crippen molar-refractivity contribution < 1.29 is 14.4 Å². The molecule has 0 aliphatic carbocycles. The van der Waals surface area contributed by atoms with Crippen molar-refractivity contribution in [1.82, 2.24) is 15.5 Å². The van der Waals surface area contributed by atoms with Gasteiger partial charge >= 0.3 is 0 Å². The number of carbonyl (C=O) groups is 3. The average molecular weight is 450 g/mol. The van der Waals surface area contributed by atoms with E-state index in [0.717, 1.165) is 6.42 Å². The van der Waals surface area contributed by atoms with Crippen LogP contribution in [-0.2, 0) is 9.59 Å². The monoisotopic (exact) mass is 449 g/mol.